The van der Waals surface area contributed by atoms with Crippen molar-refractivity contribution in [3.63, 3.8) is 0 Å². The van der Waals surface area contributed by atoms with Gasteiger partial charge >= 0.3 is 0 Å². The number of hydrogen-bond donors (Lipinski definition) is 0. The second-order valence-electron chi connectivity index (χ2n) is 1.77. The lowest BCUT2D eigenvalue weighted by atomic mass is 10.4. The molecule has 1 aliphatic carbocycles. The Morgan fingerprint density at radius 2 is 0.750 bits per heavy atom. The summed E-state index contributed by atoms with van der Waals surface area (Å²) in [4.78, 5) is 0. The molecule has 0 unspecified atom stereocenters. The predicted molar refractivity (Wildman–Crippen MR) is 41.2 cm³/mol. The van der Waals surface area contributed by atoms with E-state index in [2.05, 4.69) is 0 Å². The minimum Gasteiger partial charge on any atom is -0.0776 e. The van der Waals surface area contributed by atoms with Crippen LogP contribution >= 0.6 is 0 Å². The molecule has 0 amide bonds. The zero-order valence-electron chi connectivity index (χ0n) is 5.54. The molecule has 8 heavy (non-hydrogen) atoms. The third-order valence-corrected chi connectivity index (χ3v) is 1.25. The van der Waals surface area contributed by atoms with Gasteiger partial charge in [-0.05, 0) is 0 Å². The summed E-state index contributed by atoms with van der Waals surface area (Å²) in [5.41, 5.74) is 0. The summed E-state index contributed by atoms with van der Waals surface area (Å²) in [6.45, 7) is 4.00. The first-order valence-corrected chi connectivity index (χ1v) is 3.50. The monoisotopic (exact) mass is 116 g/mol. The molecule has 0 aliphatic heterocycles. The van der Waals surface area contributed by atoms with Crippen molar-refractivity contribution in [3.8, 4) is 0 Å². The van der Waals surface area contributed by atoms with Gasteiger partial charge in [-0.2, -0.15) is 0 Å². The molecule has 0 aromatic carbocycles. The van der Waals surface area contributed by atoms with Gasteiger partial charge in [0.2, 0.25) is 0 Å². The molecule has 0 heteroatoms. The average molecular weight is 116 g/mol. The lowest BCUT2D eigenvalue weighted by molar-refractivity contribution is 0.886. The SMILES string of the molecule is C.C1CCCC1.CC. The van der Waals surface area contributed by atoms with Gasteiger partial charge in [-0.15, -0.1) is 0 Å². The molecule has 0 atom stereocenters. The van der Waals surface area contributed by atoms with Crippen molar-refractivity contribution in [2.45, 2.75) is 53.4 Å². The molecule has 0 aromatic rings. The molecule has 1 aliphatic rings. The van der Waals surface area contributed by atoms with Crippen LogP contribution in [0.3, 0.4) is 0 Å². The number of hydrogen-bond acceptors (Lipinski definition) is 0. The van der Waals surface area contributed by atoms with Crippen LogP contribution in [0.2, 0.25) is 0 Å². The first-order valence-electron chi connectivity index (χ1n) is 3.50. The summed E-state index contributed by atoms with van der Waals surface area (Å²) >= 11 is 0. The van der Waals surface area contributed by atoms with E-state index in [1.807, 2.05) is 13.8 Å². The lowest BCUT2D eigenvalue weighted by Crippen LogP contribution is -1.47. The van der Waals surface area contributed by atoms with Crippen molar-refractivity contribution in [1.29, 1.82) is 0 Å². The van der Waals surface area contributed by atoms with Crippen LogP contribution in [-0.4, -0.2) is 0 Å². The molecule has 52 valence electrons. The largest absolute Gasteiger partial charge is 0.0776 e. The molecular weight excluding hydrogens is 96.1 g/mol. The maximum Gasteiger partial charge on any atom is -0.0533 e. The highest BCUT2D eigenvalue weighted by Crippen LogP contribution is 2.15. The van der Waals surface area contributed by atoms with Crippen LogP contribution < -0.4 is 0 Å². The zero-order valence-corrected chi connectivity index (χ0v) is 5.54. The Morgan fingerprint density at radius 1 is 0.625 bits per heavy atom. The Bertz CT molecular complexity index is 11.6. The van der Waals surface area contributed by atoms with Crippen molar-refractivity contribution < 1.29 is 0 Å². The van der Waals surface area contributed by atoms with E-state index >= 15 is 0 Å². The summed E-state index contributed by atoms with van der Waals surface area (Å²) in [5, 5.41) is 0. The van der Waals surface area contributed by atoms with Crippen LogP contribution in [0.1, 0.15) is 53.4 Å². The summed E-state index contributed by atoms with van der Waals surface area (Å²) in [6.07, 6.45) is 7.50. The van der Waals surface area contributed by atoms with E-state index in [-0.39, 0.29) is 7.43 Å². The third kappa shape index (κ3) is 6.00. The second kappa shape index (κ2) is 10.1. The van der Waals surface area contributed by atoms with Crippen molar-refractivity contribution in [2.75, 3.05) is 0 Å². The highest BCUT2D eigenvalue weighted by atomic mass is 14.0. The minimum atomic E-state index is 0. The van der Waals surface area contributed by atoms with E-state index in [1.54, 1.807) is 0 Å². The standard InChI is InChI=1S/C5H10.C2H6.CH4/c1-2-4-5-3-1;1-2;/h1-5H2;1-2H3;1H4. The van der Waals surface area contributed by atoms with Crippen molar-refractivity contribution in [1.82, 2.24) is 0 Å². The van der Waals surface area contributed by atoms with Crippen LogP contribution in [0.5, 0.6) is 0 Å². The van der Waals surface area contributed by atoms with Gasteiger partial charge in [0.25, 0.3) is 0 Å². The summed E-state index contributed by atoms with van der Waals surface area (Å²) in [7, 11) is 0. The van der Waals surface area contributed by atoms with Gasteiger partial charge in [-0.25, -0.2) is 0 Å². The molecule has 0 radical (unpaired) electrons. The Kier molecular flexibility index (Phi) is 13.7. The van der Waals surface area contributed by atoms with Crippen molar-refractivity contribution >= 4 is 0 Å². The van der Waals surface area contributed by atoms with Crippen LogP contribution in [0.25, 0.3) is 0 Å². The van der Waals surface area contributed by atoms with Gasteiger partial charge in [0, 0.05) is 0 Å². The second-order valence-corrected chi connectivity index (χ2v) is 1.77. The van der Waals surface area contributed by atoms with E-state index in [4.69, 9.17) is 0 Å². The molecule has 0 saturated heterocycles. The molecule has 0 heterocycles. The maximum absolute atomic E-state index is 2.00. The van der Waals surface area contributed by atoms with Gasteiger partial charge < -0.3 is 0 Å². The van der Waals surface area contributed by atoms with Crippen LogP contribution in [-0.2, 0) is 0 Å². The Morgan fingerprint density at radius 3 is 0.875 bits per heavy atom. The first-order chi connectivity index (χ1) is 3.50. The van der Waals surface area contributed by atoms with Crippen molar-refractivity contribution in [3.05, 3.63) is 0 Å². The van der Waals surface area contributed by atoms with Gasteiger partial charge in [-0.3, -0.25) is 0 Å². The summed E-state index contributed by atoms with van der Waals surface area (Å²) < 4.78 is 0. The third-order valence-electron chi connectivity index (χ3n) is 1.25. The molecule has 0 N–H and O–H groups in total. The van der Waals surface area contributed by atoms with Crippen LogP contribution in [0.4, 0.5) is 0 Å². The smallest absolute Gasteiger partial charge is 0.0533 e. The molecule has 1 fully saturated rings. The van der Waals surface area contributed by atoms with Gasteiger partial charge in [-0.1, -0.05) is 53.4 Å². The normalized spacial score (nSPS) is 15.8. The summed E-state index contributed by atoms with van der Waals surface area (Å²) in [5.74, 6) is 0. The number of rotatable bonds is 0. The van der Waals surface area contributed by atoms with E-state index in [0.29, 0.717) is 0 Å². The topological polar surface area (TPSA) is 0 Å². The van der Waals surface area contributed by atoms with E-state index in [0.717, 1.165) is 0 Å². The molecular formula is C8H20. The average Bonchev–Trinajstić information content (AvgIpc) is 2.23. The first kappa shape index (κ1) is 10.9. The quantitative estimate of drug-likeness (QED) is 0.453. The van der Waals surface area contributed by atoms with Crippen LogP contribution in [0.15, 0.2) is 0 Å². The van der Waals surface area contributed by atoms with Crippen molar-refractivity contribution in [2.24, 2.45) is 0 Å². The van der Waals surface area contributed by atoms with E-state index in [9.17, 15) is 0 Å². The molecule has 0 spiro atoms. The fourth-order valence-corrected chi connectivity index (χ4v) is 0.884. The Labute approximate surface area is 54.3 Å². The Balaban J connectivity index is 0. The summed E-state index contributed by atoms with van der Waals surface area (Å²) in [6, 6.07) is 0. The highest BCUT2D eigenvalue weighted by Gasteiger charge is 1.95. The fourth-order valence-electron chi connectivity index (χ4n) is 0.884. The molecule has 1 saturated carbocycles. The lowest BCUT2D eigenvalue weighted by Gasteiger charge is -1.67. The predicted octanol–water partition coefficient (Wildman–Crippen LogP) is 3.61. The zero-order chi connectivity index (χ0) is 5.54. The van der Waals surface area contributed by atoms with Crippen LogP contribution in [0, 0.1) is 0 Å². The Hall–Kier alpha value is 0. The highest BCUT2D eigenvalue weighted by molar-refractivity contribution is 4.51. The minimum absolute atomic E-state index is 0. The molecule has 0 nitrogen and oxygen atoms in total. The van der Waals surface area contributed by atoms with E-state index < -0.39 is 0 Å². The van der Waals surface area contributed by atoms with Gasteiger partial charge in [0.1, 0.15) is 0 Å². The van der Waals surface area contributed by atoms with Gasteiger partial charge in [0.05, 0.1) is 0 Å². The van der Waals surface area contributed by atoms with E-state index in [1.165, 1.54) is 32.1 Å². The maximum atomic E-state index is 2.00. The molecule has 0 aromatic heterocycles. The molecule has 0 bridgehead atoms. The molecule has 1 rings (SSSR count). The van der Waals surface area contributed by atoms with Gasteiger partial charge in [0.15, 0.2) is 0 Å². The fraction of sp³-hybridized carbons (Fsp3) is 1.00.